The first-order valence-electron chi connectivity index (χ1n) is 10.9. The second-order valence-corrected chi connectivity index (χ2v) is 7.41. The van der Waals surface area contributed by atoms with Crippen molar-refractivity contribution in [1.29, 1.82) is 5.26 Å². The highest BCUT2D eigenvalue weighted by Crippen LogP contribution is 2.21. The lowest BCUT2D eigenvalue weighted by Gasteiger charge is -2.09. The van der Waals surface area contributed by atoms with E-state index in [1.165, 1.54) is 25.7 Å². The maximum absolute atomic E-state index is 8.98. The van der Waals surface area contributed by atoms with Gasteiger partial charge in [-0.15, -0.1) is 0 Å². The Hall–Kier alpha value is -2.38. The molecular weight excluding hydrogens is 360 g/mol. The first-order chi connectivity index (χ1) is 14.3. The second-order valence-electron chi connectivity index (χ2n) is 7.41. The number of benzene rings is 1. The van der Waals surface area contributed by atoms with Crippen LogP contribution >= 0.6 is 0 Å². The summed E-state index contributed by atoms with van der Waals surface area (Å²) in [6.45, 7) is 6.27. The summed E-state index contributed by atoms with van der Waals surface area (Å²) in [7, 11) is 0. The number of unbranched alkanes of at least 4 members (excludes halogenated alkanes) is 4. The van der Waals surface area contributed by atoms with Gasteiger partial charge in [-0.05, 0) is 55.2 Å². The summed E-state index contributed by atoms with van der Waals surface area (Å²) in [5.74, 6) is 0.896. The van der Waals surface area contributed by atoms with Crippen LogP contribution < -0.4 is 4.74 Å². The van der Waals surface area contributed by atoms with E-state index in [9.17, 15) is 0 Å². The average Bonchev–Trinajstić information content (AvgIpc) is 2.77. The van der Waals surface area contributed by atoms with E-state index in [0.717, 1.165) is 48.4 Å². The quantitative estimate of drug-likeness (QED) is 0.341. The van der Waals surface area contributed by atoms with Crippen LogP contribution in [0, 0.1) is 17.2 Å². The number of hydrogen-bond donors (Lipinski definition) is 0. The number of nitriles is 1. The smallest absolute Gasteiger partial charge is 0.119 e. The van der Waals surface area contributed by atoms with Crippen LogP contribution in [0.2, 0.25) is 0 Å². The van der Waals surface area contributed by atoms with Gasteiger partial charge in [0.15, 0.2) is 0 Å². The summed E-state index contributed by atoms with van der Waals surface area (Å²) in [6, 6.07) is 14.4. The van der Waals surface area contributed by atoms with Crippen LogP contribution in [-0.2, 0) is 11.3 Å². The monoisotopic (exact) mass is 394 g/mol. The van der Waals surface area contributed by atoms with Crippen molar-refractivity contribution in [1.82, 2.24) is 4.98 Å². The highest BCUT2D eigenvalue weighted by molar-refractivity contribution is 5.60. The van der Waals surface area contributed by atoms with Crippen molar-refractivity contribution in [2.75, 3.05) is 13.2 Å². The van der Waals surface area contributed by atoms with Gasteiger partial charge in [0, 0.05) is 24.3 Å². The van der Waals surface area contributed by atoms with E-state index in [4.69, 9.17) is 14.7 Å². The molecule has 0 aliphatic heterocycles. The molecule has 29 heavy (non-hydrogen) atoms. The van der Waals surface area contributed by atoms with Gasteiger partial charge in [0.25, 0.3) is 0 Å². The zero-order valence-corrected chi connectivity index (χ0v) is 17.9. The maximum Gasteiger partial charge on any atom is 0.119 e. The van der Waals surface area contributed by atoms with Crippen molar-refractivity contribution < 1.29 is 9.47 Å². The first-order valence-corrected chi connectivity index (χ1v) is 10.9. The Labute approximate surface area is 175 Å². The third-order valence-corrected chi connectivity index (χ3v) is 5.05. The average molecular weight is 395 g/mol. The van der Waals surface area contributed by atoms with Crippen molar-refractivity contribution in [2.24, 2.45) is 5.92 Å². The molecular formula is C25H34N2O2. The molecule has 0 saturated carbocycles. The van der Waals surface area contributed by atoms with Crippen LogP contribution in [0.4, 0.5) is 0 Å². The van der Waals surface area contributed by atoms with Crippen LogP contribution in [0.5, 0.6) is 5.75 Å². The topological polar surface area (TPSA) is 55.1 Å². The molecule has 0 radical (unpaired) electrons. The molecule has 0 amide bonds. The lowest BCUT2D eigenvalue weighted by molar-refractivity contribution is 0.116. The standard InChI is InChI=1S/C25H34N2O2/c1-3-5-6-7-8-16-28-20-22-9-14-25(27-19-22)23-10-12-24(13-11-23)29-17-15-21(4-2)18-26/h9-14,19,21H,3-8,15-17,20H2,1-2H3. The lowest BCUT2D eigenvalue weighted by Crippen LogP contribution is -2.04. The summed E-state index contributed by atoms with van der Waals surface area (Å²) >= 11 is 0. The molecule has 0 aliphatic carbocycles. The van der Waals surface area contributed by atoms with Crippen LogP contribution in [0.15, 0.2) is 42.6 Å². The van der Waals surface area contributed by atoms with Gasteiger partial charge in [0.1, 0.15) is 5.75 Å². The van der Waals surface area contributed by atoms with Gasteiger partial charge in [-0.2, -0.15) is 5.26 Å². The Morgan fingerprint density at radius 2 is 1.76 bits per heavy atom. The summed E-state index contributed by atoms with van der Waals surface area (Å²) in [4.78, 5) is 4.57. The van der Waals surface area contributed by atoms with Crippen molar-refractivity contribution >= 4 is 0 Å². The van der Waals surface area contributed by atoms with Gasteiger partial charge < -0.3 is 9.47 Å². The van der Waals surface area contributed by atoms with Gasteiger partial charge in [-0.25, -0.2) is 0 Å². The van der Waals surface area contributed by atoms with E-state index < -0.39 is 0 Å². The highest BCUT2D eigenvalue weighted by atomic mass is 16.5. The van der Waals surface area contributed by atoms with Crippen molar-refractivity contribution in [3.8, 4) is 23.1 Å². The molecule has 2 rings (SSSR count). The Kier molecular flexibility index (Phi) is 10.9. The summed E-state index contributed by atoms with van der Waals surface area (Å²) in [5, 5.41) is 8.98. The third kappa shape index (κ3) is 8.66. The van der Waals surface area contributed by atoms with Crippen molar-refractivity contribution in [3.63, 3.8) is 0 Å². The molecule has 1 aromatic heterocycles. The molecule has 4 heteroatoms. The van der Waals surface area contributed by atoms with Crippen LogP contribution in [0.25, 0.3) is 11.3 Å². The van der Waals surface area contributed by atoms with Gasteiger partial charge in [0.2, 0.25) is 0 Å². The Bertz CT molecular complexity index is 720. The predicted octanol–water partition coefficient (Wildman–Crippen LogP) is 6.55. The summed E-state index contributed by atoms with van der Waals surface area (Å²) < 4.78 is 11.5. The summed E-state index contributed by atoms with van der Waals surface area (Å²) in [5.41, 5.74) is 3.10. The van der Waals surface area contributed by atoms with E-state index in [-0.39, 0.29) is 5.92 Å². The molecule has 4 nitrogen and oxygen atoms in total. The van der Waals surface area contributed by atoms with E-state index in [1.54, 1.807) is 0 Å². The van der Waals surface area contributed by atoms with Crippen molar-refractivity contribution in [3.05, 3.63) is 48.2 Å². The highest BCUT2D eigenvalue weighted by Gasteiger charge is 2.05. The van der Waals surface area contributed by atoms with Gasteiger partial charge in [0.05, 0.1) is 25.0 Å². The minimum Gasteiger partial charge on any atom is -0.494 e. The number of pyridine rings is 1. The zero-order valence-electron chi connectivity index (χ0n) is 17.9. The Morgan fingerprint density at radius 1 is 0.966 bits per heavy atom. The van der Waals surface area contributed by atoms with E-state index in [2.05, 4.69) is 24.0 Å². The number of aromatic nitrogens is 1. The van der Waals surface area contributed by atoms with Crippen molar-refractivity contribution in [2.45, 2.75) is 65.4 Å². The van der Waals surface area contributed by atoms with Gasteiger partial charge in [-0.3, -0.25) is 4.98 Å². The fraction of sp³-hybridized carbons (Fsp3) is 0.520. The lowest BCUT2D eigenvalue weighted by atomic mass is 10.1. The molecule has 0 fully saturated rings. The fourth-order valence-electron chi connectivity index (χ4n) is 3.08. The Balaban J connectivity index is 1.74. The molecule has 0 spiro atoms. The van der Waals surface area contributed by atoms with Crippen LogP contribution in [0.3, 0.4) is 0 Å². The molecule has 1 aromatic carbocycles. The minimum absolute atomic E-state index is 0.0713. The SMILES string of the molecule is CCCCCCCOCc1ccc(-c2ccc(OCCC(C#N)CC)cc2)nc1. The molecule has 1 heterocycles. The summed E-state index contributed by atoms with van der Waals surface area (Å²) in [6.07, 6.45) is 9.80. The molecule has 156 valence electrons. The minimum atomic E-state index is 0.0713. The second kappa shape index (κ2) is 13.7. The number of ether oxygens (including phenoxy) is 2. The molecule has 0 bridgehead atoms. The normalized spacial score (nSPS) is 11.8. The molecule has 0 saturated heterocycles. The number of rotatable bonds is 14. The molecule has 0 aliphatic rings. The third-order valence-electron chi connectivity index (χ3n) is 5.05. The number of hydrogen-bond acceptors (Lipinski definition) is 4. The van der Waals surface area contributed by atoms with Crippen LogP contribution in [-0.4, -0.2) is 18.2 Å². The van der Waals surface area contributed by atoms with Crippen LogP contribution in [0.1, 0.15) is 64.4 Å². The zero-order chi connectivity index (χ0) is 20.7. The van der Waals surface area contributed by atoms with Gasteiger partial charge in [-0.1, -0.05) is 45.6 Å². The molecule has 1 atom stereocenters. The number of nitrogens with zero attached hydrogens (tertiary/aromatic N) is 2. The molecule has 0 N–H and O–H groups in total. The Morgan fingerprint density at radius 3 is 2.41 bits per heavy atom. The van der Waals surface area contributed by atoms with E-state index in [1.807, 2.05) is 43.5 Å². The van der Waals surface area contributed by atoms with Gasteiger partial charge >= 0.3 is 0 Å². The molecule has 2 aromatic rings. The maximum atomic E-state index is 8.98. The fourth-order valence-corrected chi connectivity index (χ4v) is 3.08. The van der Waals surface area contributed by atoms with E-state index in [0.29, 0.717) is 13.2 Å². The molecule has 1 unspecified atom stereocenters. The largest absolute Gasteiger partial charge is 0.494 e. The first kappa shape index (κ1) is 22.9. The predicted molar refractivity (Wildman–Crippen MR) is 118 cm³/mol. The van der Waals surface area contributed by atoms with E-state index >= 15 is 0 Å².